The minimum atomic E-state index is -1.12. The summed E-state index contributed by atoms with van der Waals surface area (Å²) in [5, 5.41) is 17.3. The lowest BCUT2D eigenvalue weighted by molar-refractivity contribution is -0.131. The number of carbonyl (C=O) groups is 1. The van der Waals surface area contributed by atoms with E-state index in [-0.39, 0.29) is 5.75 Å². The van der Waals surface area contributed by atoms with Crippen molar-refractivity contribution in [2.75, 3.05) is 0 Å². The fourth-order valence-electron chi connectivity index (χ4n) is 1.64. The second kappa shape index (κ2) is 6.35. The number of hydrogen-bond acceptors (Lipinski definition) is 3. The molecule has 0 spiro atoms. The summed E-state index contributed by atoms with van der Waals surface area (Å²) in [6, 6.07) is 12.2. The Kier molecular flexibility index (Phi) is 4.32. The molecule has 0 atom stereocenters. The topological polar surface area (TPSA) is 70.3 Å². The average Bonchev–Trinajstić information content (AvgIpc) is 2.45. The van der Waals surface area contributed by atoms with E-state index in [9.17, 15) is 9.18 Å². The van der Waals surface area contributed by atoms with Gasteiger partial charge in [-0.2, -0.15) is 5.26 Å². The third kappa shape index (κ3) is 4.18. The van der Waals surface area contributed by atoms with Crippen LogP contribution in [0.25, 0.3) is 6.08 Å². The van der Waals surface area contributed by atoms with Crippen LogP contribution in [0, 0.1) is 17.1 Å². The lowest BCUT2D eigenvalue weighted by Gasteiger charge is -2.07. The summed E-state index contributed by atoms with van der Waals surface area (Å²) < 4.78 is 18.9. The van der Waals surface area contributed by atoms with Crippen molar-refractivity contribution in [3.05, 3.63) is 65.5 Å². The van der Waals surface area contributed by atoms with Gasteiger partial charge in [0.05, 0.1) is 11.6 Å². The van der Waals surface area contributed by atoms with Gasteiger partial charge >= 0.3 is 5.97 Å². The minimum Gasteiger partial charge on any atom is -0.478 e. The molecule has 0 aliphatic heterocycles. The van der Waals surface area contributed by atoms with Gasteiger partial charge in [-0.15, -0.1) is 0 Å². The van der Waals surface area contributed by atoms with E-state index in [1.807, 2.05) is 6.07 Å². The molecule has 2 rings (SSSR count). The zero-order valence-electron chi connectivity index (χ0n) is 10.8. The van der Waals surface area contributed by atoms with Crippen molar-refractivity contribution < 1.29 is 19.0 Å². The van der Waals surface area contributed by atoms with Crippen LogP contribution in [-0.2, 0) is 4.79 Å². The maximum atomic E-state index is 13.5. The molecule has 2 aromatic rings. The van der Waals surface area contributed by atoms with E-state index in [1.54, 1.807) is 24.3 Å². The van der Waals surface area contributed by atoms with Crippen LogP contribution in [0.1, 0.15) is 11.1 Å². The highest BCUT2D eigenvalue weighted by Crippen LogP contribution is 2.24. The van der Waals surface area contributed by atoms with Gasteiger partial charge < -0.3 is 9.84 Å². The largest absolute Gasteiger partial charge is 0.478 e. The van der Waals surface area contributed by atoms with E-state index in [4.69, 9.17) is 15.1 Å². The van der Waals surface area contributed by atoms with Crippen molar-refractivity contribution >= 4 is 12.0 Å². The summed E-state index contributed by atoms with van der Waals surface area (Å²) in [6.07, 6.45) is 2.19. The molecule has 0 fully saturated rings. The van der Waals surface area contributed by atoms with Gasteiger partial charge in [0.15, 0.2) is 0 Å². The zero-order chi connectivity index (χ0) is 15.2. The fourth-order valence-corrected chi connectivity index (χ4v) is 1.64. The van der Waals surface area contributed by atoms with Gasteiger partial charge in [0.25, 0.3) is 0 Å². The maximum Gasteiger partial charge on any atom is 0.328 e. The van der Waals surface area contributed by atoms with Crippen LogP contribution in [0.5, 0.6) is 11.5 Å². The Morgan fingerprint density at radius 2 is 1.90 bits per heavy atom. The molecule has 2 aromatic carbocycles. The van der Waals surface area contributed by atoms with E-state index in [0.29, 0.717) is 16.9 Å². The van der Waals surface area contributed by atoms with Crippen LogP contribution in [0.4, 0.5) is 4.39 Å². The standard InChI is InChI=1S/C16H10FNO3/c17-13-7-12(3-6-16(19)20)8-15(9-13)21-14-4-1-11(10-18)2-5-14/h1-9H,(H,19,20)/b6-3+. The molecule has 21 heavy (non-hydrogen) atoms. The number of halogens is 1. The molecule has 0 saturated carbocycles. The number of carboxylic acids is 1. The van der Waals surface area contributed by atoms with E-state index in [2.05, 4.69) is 0 Å². The molecule has 0 aliphatic rings. The Morgan fingerprint density at radius 3 is 2.52 bits per heavy atom. The first-order valence-corrected chi connectivity index (χ1v) is 5.96. The first-order valence-electron chi connectivity index (χ1n) is 5.96. The Hall–Kier alpha value is -3.13. The molecular weight excluding hydrogens is 273 g/mol. The lowest BCUT2D eigenvalue weighted by Crippen LogP contribution is -1.89. The van der Waals surface area contributed by atoms with E-state index < -0.39 is 11.8 Å². The smallest absolute Gasteiger partial charge is 0.328 e. The van der Waals surface area contributed by atoms with Crippen molar-refractivity contribution in [2.24, 2.45) is 0 Å². The highest BCUT2D eigenvalue weighted by molar-refractivity contribution is 5.85. The van der Waals surface area contributed by atoms with Crippen LogP contribution in [-0.4, -0.2) is 11.1 Å². The van der Waals surface area contributed by atoms with Gasteiger partial charge in [-0.05, 0) is 48.0 Å². The first-order chi connectivity index (χ1) is 10.1. The third-order valence-electron chi connectivity index (χ3n) is 2.53. The number of benzene rings is 2. The summed E-state index contributed by atoms with van der Waals surface area (Å²) in [6.45, 7) is 0. The average molecular weight is 283 g/mol. The lowest BCUT2D eigenvalue weighted by atomic mass is 10.2. The molecule has 1 N–H and O–H groups in total. The second-order valence-electron chi connectivity index (χ2n) is 4.13. The maximum absolute atomic E-state index is 13.5. The normalized spacial score (nSPS) is 10.3. The summed E-state index contributed by atoms with van der Waals surface area (Å²) >= 11 is 0. The molecular formula is C16H10FNO3. The number of hydrogen-bond donors (Lipinski definition) is 1. The highest BCUT2D eigenvalue weighted by Gasteiger charge is 2.03. The van der Waals surface area contributed by atoms with E-state index in [0.717, 1.165) is 6.08 Å². The summed E-state index contributed by atoms with van der Waals surface area (Å²) in [5.74, 6) is -0.961. The summed E-state index contributed by atoms with van der Waals surface area (Å²) in [7, 11) is 0. The molecule has 104 valence electrons. The molecule has 0 bridgehead atoms. The first kappa shape index (κ1) is 14.3. The van der Waals surface area contributed by atoms with Gasteiger partial charge in [0, 0.05) is 12.1 Å². The van der Waals surface area contributed by atoms with Crippen LogP contribution in [0.15, 0.2) is 48.5 Å². The summed E-state index contributed by atoms with van der Waals surface area (Å²) in [5.41, 5.74) is 0.868. The third-order valence-corrected chi connectivity index (χ3v) is 2.53. The predicted molar refractivity (Wildman–Crippen MR) is 74.3 cm³/mol. The number of aliphatic carboxylic acids is 1. The minimum absolute atomic E-state index is 0.241. The number of nitriles is 1. The molecule has 0 amide bonds. The fraction of sp³-hybridized carbons (Fsp3) is 0. The van der Waals surface area contributed by atoms with Crippen molar-refractivity contribution in [1.82, 2.24) is 0 Å². The van der Waals surface area contributed by atoms with Crippen LogP contribution in [0.2, 0.25) is 0 Å². The highest BCUT2D eigenvalue weighted by atomic mass is 19.1. The number of ether oxygens (including phenoxy) is 1. The Labute approximate surface area is 120 Å². The van der Waals surface area contributed by atoms with E-state index >= 15 is 0 Å². The SMILES string of the molecule is N#Cc1ccc(Oc2cc(F)cc(/C=C/C(=O)O)c2)cc1. The van der Waals surface area contributed by atoms with Crippen molar-refractivity contribution in [3.63, 3.8) is 0 Å². The molecule has 0 saturated heterocycles. The van der Waals surface area contributed by atoms with E-state index in [1.165, 1.54) is 24.3 Å². The molecule has 0 heterocycles. The van der Waals surface area contributed by atoms with Crippen molar-refractivity contribution in [3.8, 4) is 17.6 Å². The quantitative estimate of drug-likeness (QED) is 0.870. The van der Waals surface area contributed by atoms with Gasteiger partial charge in [-0.25, -0.2) is 9.18 Å². The number of carboxylic acid groups (broad SMARTS) is 1. The Balaban J connectivity index is 2.23. The zero-order valence-corrected chi connectivity index (χ0v) is 10.8. The van der Waals surface area contributed by atoms with Gasteiger partial charge in [-0.3, -0.25) is 0 Å². The van der Waals surface area contributed by atoms with Crippen LogP contribution in [0.3, 0.4) is 0 Å². The van der Waals surface area contributed by atoms with Gasteiger partial charge in [0.2, 0.25) is 0 Å². The van der Waals surface area contributed by atoms with Crippen molar-refractivity contribution in [1.29, 1.82) is 5.26 Å². The van der Waals surface area contributed by atoms with Gasteiger partial charge in [-0.1, -0.05) is 0 Å². The predicted octanol–water partition coefficient (Wildman–Crippen LogP) is 3.59. The molecule has 0 radical (unpaired) electrons. The summed E-state index contributed by atoms with van der Waals surface area (Å²) in [4.78, 5) is 10.5. The molecule has 0 aromatic heterocycles. The van der Waals surface area contributed by atoms with Crippen molar-refractivity contribution in [2.45, 2.75) is 0 Å². The Morgan fingerprint density at radius 1 is 1.19 bits per heavy atom. The molecule has 5 heteroatoms. The second-order valence-corrected chi connectivity index (χ2v) is 4.13. The monoisotopic (exact) mass is 283 g/mol. The van der Waals surface area contributed by atoms with Crippen LogP contribution < -0.4 is 4.74 Å². The van der Waals surface area contributed by atoms with Gasteiger partial charge in [0.1, 0.15) is 17.3 Å². The molecule has 0 aliphatic carbocycles. The Bertz CT molecular complexity index is 730. The molecule has 4 nitrogen and oxygen atoms in total. The number of nitrogens with zero attached hydrogens (tertiary/aromatic N) is 1. The number of rotatable bonds is 4. The van der Waals surface area contributed by atoms with Crippen LogP contribution >= 0.6 is 0 Å². The molecule has 0 unspecified atom stereocenters.